The second-order valence-corrected chi connectivity index (χ2v) is 6.19. The first-order chi connectivity index (χ1) is 8.90. The summed E-state index contributed by atoms with van der Waals surface area (Å²) in [4.78, 5) is 14.4. The van der Waals surface area contributed by atoms with Crippen LogP contribution in [0.5, 0.6) is 0 Å². The number of nitrogen functional groups attached to an aromatic ring is 1. The molecule has 0 spiro atoms. The number of hydrogen-bond donors (Lipinski definition) is 1. The standard InChI is InChI=1S/C14H18BrFN2O/c1-8-3-4-18(9(2)5-8)14(19)10-6-13(17)12(16)7-11(10)15/h6-9H,3-5,17H2,1-2H3. The molecule has 2 atom stereocenters. The van der Waals surface area contributed by atoms with E-state index in [1.165, 1.54) is 12.1 Å². The summed E-state index contributed by atoms with van der Waals surface area (Å²) in [6.45, 7) is 4.99. The molecule has 1 aliphatic heterocycles. The Balaban J connectivity index is 2.27. The molecule has 0 bridgehead atoms. The molecule has 0 saturated carbocycles. The number of halogens is 2. The molecular formula is C14H18BrFN2O. The Hall–Kier alpha value is -1.10. The van der Waals surface area contributed by atoms with Crippen LogP contribution in [0.1, 0.15) is 37.0 Å². The molecule has 0 radical (unpaired) electrons. The van der Waals surface area contributed by atoms with E-state index in [9.17, 15) is 9.18 Å². The van der Waals surface area contributed by atoms with E-state index in [1.807, 2.05) is 11.8 Å². The Morgan fingerprint density at radius 1 is 1.47 bits per heavy atom. The van der Waals surface area contributed by atoms with Gasteiger partial charge < -0.3 is 10.6 Å². The molecule has 0 aromatic heterocycles. The summed E-state index contributed by atoms with van der Waals surface area (Å²) in [7, 11) is 0. The number of carbonyl (C=O) groups excluding carboxylic acids is 1. The van der Waals surface area contributed by atoms with Crippen molar-refractivity contribution in [2.24, 2.45) is 5.92 Å². The van der Waals surface area contributed by atoms with Gasteiger partial charge in [-0.25, -0.2) is 4.39 Å². The normalized spacial score (nSPS) is 23.5. The minimum absolute atomic E-state index is 0.00424. The molecule has 1 heterocycles. The van der Waals surface area contributed by atoms with E-state index in [1.54, 1.807) is 0 Å². The Labute approximate surface area is 121 Å². The third-order valence-corrected chi connectivity index (χ3v) is 4.37. The number of piperidine rings is 1. The molecule has 104 valence electrons. The summed E-state index contributed by atoms with van der Waals surface area (Å²) in [6, 6.07) is 2.86. The molecule has 1 aromatic rings. The highest BCUT2D eigenvalue weighted by molar-refractivity contribution is 9.10. The van der Waals surface area contributed by atoms with Crippen molar-refractivity contribution in [2.45, 2.75) is 32.7 Å². The monoisotopic (exact) mass is 328 g/mol. The number of rotatable bonds is 1. The number of anilines is 1. The van der Waals surface area contributed by atoms with E-state index in [4.69, 9.17) is 5.73 Å². The van der Waals surface area contributed by atoms with Crippen molar-refractivity contribution in [1.29, 1.82) is 0 Å². The van der Waals surface area contributed by atoms with Crippen LogP contribution < -0.4 is 5.73 Å². The Morgan fingerprint density at radius 3 is 2.79 bits per heavy atom. The summed E-state index contributed by atoms with van der Waals surface area (Å²) in [5, 5.41) is 0. The van der Waals surface area contributed by atoms with E-state index in [-0.39, 0.29) is 17.6 Å². The van der Waals surface area contributed by atoms with E-state index < -0.39 is 5.82 Å². The average Bonchev–Trinajstić information content (AvgIpc) is 2.33. The van der Waals surface area contributed by atoms with Crippen LogP contribution in [-0.4, -0.2) is 23.4 Å². The van der Waals surface area contributed by atoms with Crippen molar-refractivity contribution >= 4 is 27.5 Å². The lowest BCUT2D eigenvalue weighted by Crippen LogP contribution is -2.44. The average molecular weight is 329 g/mol. The summed E-state index contributed by atoms with van der Waals surface area (Å²) in [5.74, 6) is 0.0440. The highest BCUT2D eigenvalue weighted by Gasteiger charge is 2.28. The third kappa shape index (κ3) is 2.91. The first-order valence-corrected chi connectivity index (χ1v) is 7.25. The second kappa shape index (κ2) is 5.49. The zero-order valence-electron chi connectivity index (χ0n) is 11.1. The summed E-state index contributed by atoms with van der Waals surface area (Å²) in [5.41, 5.74) is 5.98. The fourth-order valence-corrected chi connectivity index (χ4v) is 3.08. The molecule has 1 saturated heterocycles. The predicted octanol–water partition coefficient (Wildman–Crippen LogP) is 3.43. The van der Waals surface area contributed by atoms with Gasteiger partial charge >= 0.3 is 0 Å². The number of nitrogens with zero attached hydrogens (tertiary/aromatic N) is 1. The summed E-state index contributed by atoms with van der Waals surface area (Å²) in [6.07, 6.45) is 2.00. The summed E-state index contributed by atoms with van der Waals surface area (Å²) >= 11 is 3.24. The Bertz CT molecular complexity index is 506. The minimum Gasteiger partial charge on any atom is -0.396 e. The number of hydrogen-bond acceptors (Lipinski definition) is 2. The van der Waals surface area contributed by atoms with Gasteiger partial charge in [-0.1, -0.05) is 6.92 Å². The summed E-state index contributed by atoms with van der Waals surface area (Å²) < 4.78 is 13.8. The smallest absolute Gasteiger partial charge is 0.255 e. The lowest BCUT2D eigenvalue weighted by molar-refractivity contribution is 0.0587. The lowest BCUT2D eigenvalue weighted by Gasteiger charge is -2.36. The van der Waals surface area contributed by atoms with Crippen molar-refractivity contribution in [2.75, 3.05) is 12.3 Å². The van der Waals surface area contributed by atoms with Crippen molar-refractivity contribution in [1.82, 2.24) is 4.90 Å². The fourth-order valence-electron chi connectivity index (χ4n) is 2.59. The molecule has 5 heteroatoms. The van der Waals surface area contributed by atoms with E-state index in [0.717, 1.165) is 19.4 Å². The van der Waals surface area contributed by atoms with Crippen LogP contribution in [0.3, 0.4) is 0 Å². The third-order valence-electron chi connectivity index (χ3n) is 3.72. The van der Waals surface area contributed by atoms with Crippen molar-refractivity contribution in [3.05, 3.63) is 28.0 Å². The fraction of sp³-hybridized carbons (Fsp3) is 0.500. The van der Waals surface area contributed by atoms with Crippen LogP contribution in [0.25, 0.3) is 0 Å². The van der Waals surface area contributed by atoms with Crippen LogP contribution in [0.2, 0.25) is 0 Å². The Kier molecular flexibility index (Phi) is 4.13. The molecule has 1 amide bonds. The van der Waals surface area contributed by atoms with Crippen LogP contribution in [-0.2, 0) is 0 Å². The topological polar surface area (TPSA) is 46.3 Å². The van der Waals surface area contributed by atoms with Crippen LogP contribution in [0.15, 0.2) is 16.6 Å². The van der Waals surface area contributed by atoms with E-state index in [2.05, 4.69) is 22.9 Å². The lowest BCUT2D eigenvalue weighted by atomic mass is 9.93. The van der Waals surface area contributed by atoms with Gasteiger partial charge in [0.1, 0.15) is 5.82 Å². The number of likely N-dealkylation sites (tertiary alicyclic amines) is 1. The van der Waals surface area contributed by atoms with Gasteiger partial charge in [-0.2, -0.15) is 0 Å². The zero-order valence-corrected chi connectivity index (χ0v) is 12.7. The van der Waals surface area contributed by atoms with Gasteiger partial charge in [-0.3, -0.25) is 4.79 Å². The second-order valence-electron chi connectivity index (χ2n) is 5.33. The van der Waals surface area contributed by atoms with Gasteiger partial charge in [0, 0.05) is 17.1 Å². The van der Waals surface area contributed by atoms with Gasteiger partial charge in [-0.05, 0) is 53.7 Å². The molecule has 19 heavy (non-hydrogen) atoms. The van der Waals surface area contributed by atoms with E-state index >= 15 is 0 Å². The highest BCUT2D eigenvalue weighted by atomic mass is 79.9. The molecule has 0 aliphatic carbocycles. The number of nitrogens with two attached hydrogens (primary N) is 1. The largest absolute Gasteiger partial charge is 0.396 e. The van der Waals surface area contributed by atoms with Crippen molar-refractivity contribution in [3.63, 3.8) is 0 Å². The van der Waals surface area contributed by atoms with Crippen LogP contribution >= 0.6 is 15.9 Å². The Morgan fingerprint density at radius 2 is 2.16 bits per heavy atom. The first kappa shape index (κ1) is 14.3. The first-order valence-electron chi connectivity index (χ1n) is 6.45. The van der Waals surface area contributed by atoms with Crippen molar-refractivity contribution in [3.8, 4) is 0 Å². The highest BCUT2D eigenvalue weighted by Crippen LogP contribution is 2.28. The van der Waals surface area contributed by atoms with Crippen LogP contribution in [0, 0.1) is 11.7 Å². The van der Waals surface area contributed by atoms with Gasteiger partial charge in [0.25, 0.3) is 5.91 Å². The zero-order chi connectivity index (χ0) is 14.2. The van der Waals surface area contributed by atoms with Gasteiger partial charge in [0.05, 0.1) is 11.3 Å². The van der Waals surface area contributed by atoms with Gasteiger partial charge in [0.2, 0.25) is 0 Å². The molecule has 1 aromatic carbocycles. The molecule has 2 unspecified atom stereocenters. The van der Waals surface area contributed by atoms with Gasteiger partial charge in [0.15, 0.2) is 0 Å². The van der Waals surface area contributed by atoms with Gasteiger partial charge in [-0.15, -0.1) is 0 Å². The maximum absolute atomic E-state index is 13.3. The van der Waals surface area contributed by atoms with Crippen LogP contribution in [0.4, 0.5) is 10.1 Å². The number of amides is 1. The molecule has 2 N–H and O–H groups in total. The quantitative estimate of drug-likeness (QED) is 0.803. The maximum Gasteiger partial charge on any atom is 0.255 e. The predicted molar refractivity (Wildman–Crippen MR) is 77.4 cm³/mol. The maximum atomic E-state index is 13.3. The minimum atomic E-state index is -0.510. The molecule has 1 aliphatic rings. The molecule has 2 rings (SSSR count). The molecular weight excluding hydrogens is 311 g/mol. The number of benzene rings is 1. The molecule has 1 fully saturated rings. The van der Waals surface area contributed by atoms with E-state index in [0.29, 0.717) is 16.0 Å². The number of carbonyl (C=O) groups is 1. The molecule has 3 nitrogen and oxygen atoms in total. The SMILES string of the molecule is CC1CCN(C(=O)c2cc(N)c(F)cc2Br)C(C)C1. The van der Waals surface area contributed by atoms with Crippen molar-refractivity contribution < 1.29 is 9.18 Å².